The van der Waals surface area contributed by atoms with Gasteiger partial charge in [0.05, 0.1) is 6.04 Å². The van der Waals surface area contributed by atoms with Crippen molar-refractivity contribution in [3.05, 3.63) is 18.2 Å². The fourth-order valence-corrected chi connectivity index (χ4v) is 3.43. The quantitative estimate of drug-likeness (QED) is 0.827. The van der Waals surface area contributed by atoms with Crippen LogP contribution in [0.1, 0.15) is 39.2 Å². The molecule has 0 spiro atoms. The van der Waals surface area contributed by atoms with E-state index in [-0.39, 0.29) is 0 Å². The van der Waals surface area contributed by atoms with Gasteiger partial charge in [0.25, 0.3) is 0 Å². The summed E-state index contributed by atoms with van der Waals surface area (Å²) < 4.78 is 1.95. The number of aromatic nitrogens is 4. The van der Waals surface area contributed by atoms with E-state index in [0.717, 1.165) is 23.7 Å². The second-order valence-corrected chi connectivity index (χ2v) is 6.30. The Labute approximate surface area is 124 Å². The van der Waals surface area contributed by atoms with Crippen LogP contribution in [0.25, 0.3) is 11.4 Å². The Bertz CT molecular complexity index is 615. The predicted octanol–water partition coefficient (Wildman–Crippen LogP) is 2.50. The highest BCUT2D eigenvalue weighted by molar-refractivity contribution is 5.67. The number of nitrogen functional groups attached to an aromatic ring is 2. The van der Waals surface area contributed by atoms with Crippen LogP contribution in [0.4, 0.5) is 11.4 Å². The SMILES string of the molecule is CC1CCC(n2nnnc2-c2cc(N)cc(N)c2)C(C)C1. The Morgan fingerprint density at radius 2 is 1.81 bits per heavy atom. The van der Waals surface area contributed by atoms with Gasteiger partial charge >= 0.3 is 0 Å². The number of benzene rings is 1. The van der Waals surface area contributed by atoms with Crippen molar-refractivity contribution in [2.24, 2.45) is 11.8 Å². The van der Waals surface area contributed by atoms with E-state index in [2.05, 4.69) is 29.4 Å². The molecule has 0 amide bonds. The van der Waals surface area contributed by atoms with Crippen molar-refractivity contribution < 1.29 is 0 Å². The van der Waals surface area contributed by atoms with E-state index in [1.54, 1.807) is 6.07 Å². The lowest BCUT2D eigenvalue weighted by Gasteiger charge is -2.32. The molecule has 1 aliphatic carbocycles. The van der Waals surface area contributed by atoms with Crippen LogP contribution in [0.5, 0.6) is 0 Å². The second-order valence-electron chi connectivity index (χ2n) is 6.30. The van der Waals surface area contributed by atoms with E-state index in [0.29, 0.717) is 23.3 Å². The van der Waals surface area contributed by atoms with Gasteiger partial charge in [-0.05, 0) is 59.7 Å². The highest BCUT2D eigenvalue weighted by atomic mass is 15.5. The van der Waals surface area contributed by atoms with Gasteiger partial charge in [0.1, 0.15) is 0 Å². The molecule has 2 aromatic rings. The molecule has 1 fully saturated rings. The molecule has 21 heavy (non-hydrogen) atoms. The fraction of sp³-hybridized carbons (Fsp3) is 0.533. The van der Waals surface area contributed by atoms with Gasteiger partial charge in [0, 0.05) is 16.9 Å². The minimum atomic E-state index is 0.342. The first-order valence-electron chi connectivity index (χ1n) is 7.49. The number of nitrogens with two attached hydrogens (primary N) is 2. The lowest BCUT2D eigenvalue weighted by atomic mass is 9.80. The molecule has 0 aliphatic heterocycles. The van der Waals surface area contributed by atoms with Crippen LogP contribution in [0.3, 0.4) is 0 Å². The maximum absolute atomic E-state index is 5.88. The molecule has 0 bridgehead atoms. The van der Waals surface area contributed by atoms with Crippen molar-refractivity contribution in [3.8, 4) is 11.4 Å². The standard InChI is InChI=1S/C15H22N6/c1-9-3-4-14(10(2)5-9)21-15(18-19-20-21)11-6-12(16)8-13(17)7-11/h6-10,14H,3-5,16-17H2,1-2H3. The molecule has 112 valence electrons. The molecule has 1 aliphatic rings. The van der Waals surface area contributed by atoms with E-state index in [9.17, 15) is 0 Å². The molecule has 1 aromatic carbocycles. The number of rotatable bonds is 2. The van der Waals surface area contributed by atoms with Gasteiger partial charge in [-0.1, -0.05) is 13.8 Å². The maximum Gasteiger partial charge on any atom is 0.182 e. The summed E-state index contributed by atoms with van der Waals surface area (Å²) >= 11 is 0. The average molecular weight is 286 g/mol. The van der Waals surface area contributed by atoms with Crippen LogP contribution in [0.2, 0.25) is 0 Å². The van der Waals surface area contributed by atoms with Crippen molar-refractivity contribution in [1.29, 1.82) is 0 Å². The van der Waals surface area contributed by atoms with Crippen LogP contribution in [-0.4, -0.2) is 20.2 Å². The Hall–Kier alpha value is -2.11. The topological polar surface area (TPSA) is 95.6 Å². The van der Waals surface area contributed by atoms with E-state index < -0.39 is 0 Å². The number of anilines is 2. The van der Waals surface area contributed by atoms with Gasteiger partial charge in [0.15, 0.2) is 5.82 Å². The minimum absolute atomic E-state index is 0.342. The molecule has 0 radical (unpaired) electrons. The Kier molecular flexibility index (Phi) is 3.53. The smallest absolute Gasteiger partial charge is 0.182 e. The molecule has 3 rings (SSSR count). The first-order chi connectivity index (χ1) is 10.0. The molecular weight excluding hydrogens is 264 g/mol. The number of tetrazole rings is 1. The summed E-state index contributed by atoms with van der Waals surface area (Å²) in [6.45, 7) is 4.59. The van der Waals surface area contributed by atoms with E-state index >= 15 is 0 Å². The Morgan fingerprint density at radius 1 is 1.10 bits per heavy atom. The summed E-state index contributed by atoms with van der Waals surface area (Å²) in [5.74, 6) is 2.09. The van der Waals surface area contributed by atoms with Crippen molar-refractivity contribution in [1.82, 2.24) is 20.2 Å². The molecular formula is C15H22N6. The first-order valence-corrected chi connectivity index (χ1v) is 7.49. The predicted molar refractivity (Wildman–Crippen MR) is 83.3 cm³/mol. The van der Waals surface area contributed by atoms with Crippen LogP contribution < -0.4 is 11.5 Å². The molecule has 3 unspecified atom stereocenters. The summed E-state index contributed by atoms with van der Waals surface area (Å²) in [4.78, 5) is 0. The van der Waals surface area contributed by atoms with Crippen LogP contribution >= 0.6 is 0 Å². The monoisotopic (exact) mass is 286 g/mol. The van der Waals surface area contributed by atoms with Gasteiger partial charge in [-0.2, -0.15) is 0 Å². The van der Waals surface area contributed by atoms with Gasteiger partial charge in [-0.15, -0.1) is 5.10 Å². The lowest BCUT2D eigenvalue weighted by molar-refractivity contribution is 0.194. The number of hydrogen-bond donors (Lipinski definition) is 2. The third-order valence-corrected chi connectivity index (χ3v) is 4.43. The molecule has 0 saturated heterocycles. The molecule has 6 heteroatoms. The normalized spacial score (nSPS) is 25.9. The summed E-state index contributed by atoms with van der Waals surface area (Å²) in [5, 5.41) is 12.3. The van der Waals surface area contributed by atoms with Crippen molar-refractivity contribution in [2.45, 2.75) is 39.2 Å². The van der Waals surface area contributed by atoms with Crippen LogP contribution in [0, 0.1) is 11.8 Å². The summed E-state index contributed by atoms with van der Waals surface area (Å²) in [5.41, 5.74) is 13.9. The molecule has 3 atom stereocenters. The molecule has 1 aromatic heterocycles. The molecule has 6 nitrogen and oxygen atoms in total. The molecule has 1 heterocycles. The zero-order valence-electron chi connectivity index (χ0n) is 12.5. The zero-order valence-corrected chi connectivity index (χ0v) is 12.5. The third kappa shape index (κ3) is 2.70. The van der Waals surface area contributed by atoms with E-state index in [1.807, 2.05) is 16.8 Å². The highest BCUT2D eigenvalue weighted by Gasteiger charge is 2.29. The second kappa shape index (κ2) is 5.35. The lowest BCUT2D eigenvalue weighted by Crippen LogP contribution is -2.26. The van der Waals surface area contributed by atoms with Gasteiger partial charge in [-0.3, -0.25) is 0 Å². The van der Waals surface area contributed by atoms with Crippen LogP contribution in [-0.2, 0) is 0 Å². The third-order valence-electron chi connectivity index (χ3n) is 4.43. The van der Waals surface area contributed by atoms with Crippen LogP contribution in [0.15, 0.2) is 18.2 Å². The zero-order chi connectivity index (χ0) is 15.0. The number of hydrogen-bond acceptors (Lipinski definition) is 5. The average Bonchev–Trinajstić information content (AvgIpc) is 2.86. The van der Waals surface area contributed by atoms with Gasteiger partial charge in [0.2, 0.25) is 0 Å². The first kappa shape index (κ1) is 13.9. The van der Waals surface area contributed by atoms with Crippen molar-refractivity contribution in [3.63, 3.8) is 0 Å². The minimum Gasteiger partial charge on any atom is -0.399 e. The summed E-state index contributed by atoms with van der Waals surface area (Å²) in [7, 11) is 0. The maximum atomic E-state index is 5.88. The van der Waals surface area contributed by atoms with Crippen molar-refractivity contribution in [2.75, 3.05) is 11.5 Å². The summed E-state index contributed by atoms with van der Waals surface area (Å²) in [6.07, 6.45) is 3.54. The fourth-order valence-electron chi connectivity index (χ4n) is 3.43. The van der Waals surface area contributed by atoms with Crippen molar-refractivity contribution >= 4 is 11.4 Å². The molecule has 4 N–H and O–H groups in total. The number of nitrogens with zero attached hydrogens (tertiary/aromatic N) is 4. The highest BCUT2D eigenvalue weighted by Crippen LogP contribution is 2.38. The van der Waals surface area contributed by atoms with E-state index in [1.165, 1.54) is 12.8 Å². The van der Waals surface area contributed by atoms with Gasteiger partial charge < -0.3 is 11.5 Å². The van der Waals surface area contributed by atoms with Gasteiger partial charge in [-0.25, -0.2) is 4.68 Å². The largest absolute Gasteiger partial charge is 0.399 e. The van der Waals surface area contributed by atoms with E-state index in [4.69, 9.17) is 11.5 Å². The molecule has 1 saturated carbocycles. The Morgan fingerprint density at radius 3 is 2.48 bits per heavy atom. The Balaban J connectivity index is 1.97. The summed E-state index contributed by atoms with van der Waals surface area (Å²) in [6, 6.07) is 5.82.